The molecule has 2 aromatic carbocycles. The van der Waals surface area contributed by atoms with Gasteiger partial charge in [-0.2, -0.15) is 0 Å². The van der Waals surface area contributed by atoms with Crippen LogP contribution in [0.2, 0.25) is 0 Å². The molecule has 1 atom stereocenters. The standard InChI is InChI=1S/C22H17NO5S2/c1-3-11-28-16-10-9-14(12-17(16)27-2)13-18-20(24)23(22(29)30-18)19(21(25)26)15-7-5-4-6-8-15/h1,4-10,12-13,19H,11H2,2H3,(H,25,26)/b18-13+/t19-/m1/s1. The second-order valence-electron chi connectivity index (χ2n) is 6.11. The average molecular weight is 440 g/mol. The predicted octanol–water partition coefficient (Wildman–Crippen LogP) is 3.73. The average Bonchev–Trinajstić information content (AvgIpc) is 3.01. The van der Waals surface area contributed by atoms with Crippen molar-refractivity contribution in [3.63, 3.8) is 0 Å². The Labute approximate surface area is 183 Å². The molecule has 1 amide bonds. The van der Waals surface area contributed by atoms with Crippen LogP contribution in [-0.2, 0) is 9.59 Å². The van der Waals surface area contributed by atoms with Crippen molar-refractivity contribution in [2.75, 3.05) is 13.7 Å². The molecule has 30 heavy (non-hydrogen) atoms. The van der Waals surface area contributed by atoms with Crippen LogP contribution in [0.5, 0.6) is 11.5 Å². The van der Waals surface area contributed by atoms with Crippen LogP contribution in [-0.4, -0.2) is 39.9 Å². The maximum absolute atomic E-state index is 13.0. The first-order chi connectivity index (χ1) is 14.5. The number of rotatable bonds is 7. The fourth-order valence-corrected chi connectivity index (χ4v) is 4.22. The van der Waals surface area contributed by atoms with E-state index in [0.717, 1.165) is 16.7 Å². The summed E-state index contributed by atoms with van der Waals surface area (Å²) in [4.78, 5) is 26.4. The molecule has 0 bridgehead atoms. The molecule has 2 aromatic rings. The van der Waals surface area contributed by atoms with E-state index in [1.165, 1.54) is 7.11 Å². The zero-order valence-electron chi connectivity index (χ0n) is 15.9. The maximum Gasteiger partial charge on any atom is 0.331 e. The number of thioether (sulfide) groups is 1. The lowest BCUT2D eigenvalue weighted by molar-refractivity contribution is -0.145. The minimum absolute atomic E-state index is 0.102. The van der Waals surface area contributed by atoms with Crippen molar-refractivity contribution >= 4 is 46.3 Å². The molecular weight excluding hydrogens is 422 g/mol. The fraction of sp³-hybridized carbons (Fsp3) is 0.136. The highest BCUT2D eigenvalue weighted by Crippen LogP contribution is 2.39. The van der Waals surface area contributed by atoms with Crippen molar-refractivity contribution in [1.82, 2.24) is 4.90 Å². The topological polar surface area (TPSA) is 76.1 Å². The highest BCUT2D eigenvalue weighted by molar-refractivity contribution is 8.26. The van der Waals surface area contributed by atoms with Crippen molar-refractivity contribution < 1.29 is 24.2 Å². The molecule has 1 heterocycles. The number of nitrogens with zero attached hydrogens (tertiary/aromatic N) is 1. The Morgan fingerprint density at radius 1 is 1.30 bits per heavy atom. The molecule has 0 saturated carbocycles. The second kappa shape index (κ2) is 9.48. The van der Waals surface area contributed by atoms with Gasteiger partial charge in [0.05, 0.1) is 12.0 Å². The third-order valence-electron chi connectivity index (χ3n) is 4.23. The number of hydrogen-bond donors (Lipinski definition) is 1. The predicted molar refractivity (Wildman–Crippen MR) is 119 cm³/mol. The van der Waals surface area contributed by atoms with Crippen LogP contribution in [0.25, 0.3) is 6.08 Å². The van der Waals surface area contributed by atoms with Gasteiger partial charge in [0.1, 0.15) is 10.9 Å². The van der Waals surface area contributed by atoms with E-state index in [1.54, 1.807) is 54.6 Å². The lowest BCUT2D eigenvalue weighted by atomic mass is 10.1. The van der Waals surface area contributed by atoms with Crippen molar-refractivity contribution in [1.29, 1.82) is 0 Å². The van der Waals surface area contributed by atoms with Gasteiger partial charge in [-0.1, -0.05) is 66.3 Å². The van der Waals surface area contributed by atoms with Gasteiger partial charge in [0.2, 0.25) is 0 Å². The molecule has 0 unspecified atom stereocenters. The highest BCUT2D eigenvalue weighted by Gasteiger charge is 2.41. The second-order valence-corrected chi connectivity index (χ2v) is 7.78. The van der Waals surface area contributed by atoms with Gasteiger partial charge >= 0.3 is 5.97 Å². The zero-order chi connectivity index (χ0) is 21.7. The number of terminal acetylenes is 1. The highest BCUT2D eigenvalue weighted by atomic mass is 32.2. The number of carbonyl (C=O) groups is 2. The van der Waals surface area contributed by atoms with Gasteiger partial charge in [-0.15, -0.1) is 6.42 Å². The molecule has 1 saturated heterocycles. The number of carboxylic acids is 1. The van der Waals surface area contributed by atoms with E-state index in [-0.39, 0.29) is 10.9 Å². The summed E-state index contributed by atoms with van der Waals surface area (Å²) < 4.78 is 10.9. The van der Waals surface area contributed by atoms with E-state index in [1.807, 2.05) is 0 Å². The van der Waals surface area contributed by atoms with Crippen molar-refractivity contribution in [2.24, 2.45) is 0 Å². The molecule has 1 aliphatic heterocycles. The lowest BCUT2D eigenvalue weighted by Crippen LogP contribution is -2.37. The fourth-order valence-electron chi connectivity index (χ4n) is 2.90. The summed E-state index contributed by atoms with van der Waals surface area (Å²) in [5.74, 6) is 1.70. The number of thiocarbonyl (C=S) groups is 1. The number of methoxy groups -OCH3 is 1. The molecule has 8 heteroatoms. The molecule has 0 aliphatic carbocycles. The van der Waals surface area contributed by atoms with Crippen LogP contribution >= 0.6 is 24.0 Å². The summed E-state index contributed by atoms with van der Waals surface area (Å²) in [5.41, 5.74) is 1.14. The normalized spacial score (nSPS) is 15.7. The van der Waals surface area contributed by atoms with Gasteiger partial charge in [0.15, 0.2) is 17.5 Å². The van der Waals surface area contributed by atoms with Crippen molar-refractivity contribution in [3.8, 4) is 23.8 Å². The molecule has 3 rings (SSSR count). The Bertz CT molecular complexity index is 1060. The molecule has 1 aliphatic rings. The van der Waals surface area contributed by atoms with E-state index in [0.29, 0.717) is 27.5 Å². The van der Waals surface area contributed by atoms with Crippen LogP contribution in [0.3, 0.4) is 0 Å². The molecular formula is C22H17NO5S2. The van der Waals surface area contributed by atoms with Gasteiger partial charge in [0, 0.05) is 0 Å². The van der Waals surface area contributed by atoms with Gasteiger partial charge < -0.3 is 14.6 Å². The third-order valence-corrected chi connectivity index (χ3v) is 5.56. The number of amides is 1. The van der Waals surface area contributed by atoms with Crippen LogP contribution in [0.4, 0.5) is 0 Å². The van der Waals surface area contributed by atoms with E-state index < -0.39 is 17.9 Å². The first kappa shape index (κ1) is 21.4. The van der Waals surface area contributed by atoms with Gasteiger partial charge in [-0.05, 0) is 29.3 Å². The molecule has 6 nitrogen and oxygen atoms in total. The molecule has 1 fully saturated rings. The Hall–Kier alpha value is -3.28. The van der Waals surface area contributed by atoms with Crippen LogP contribution in [0.15, 0.2) is 53.4 Å². The Morgan fingerprint density at radius 3 is 2.67 bits per heavy atom. The van der Waals surface area contributed by atoms with Crippen LogP contribution < -0.4 is 9.47 Å². The Morgan fingerprint density at radius 2 is 2.03 bits per heavy atom. The third kappa shape index (κ3) is 4.48. The SMILES string of the molecule is C#CCOc1ccc(/C=C2/SC(=S)N([C@@H](C(=O)O)c3ccccc3)C2=O)cc1OC. The number of aliphatic carboxylic acids is 1. The minimum atomic E-state index is -1.20. The largest absolute Gasteiger partial charge is 0.493 e. The Balaban J connectivity index is 1.91. The molecule has 1 N–H and O–H groups in total. The summed E-state index contributed by atoms with van der Waals surface area (Å²) in [6.45, 7) is 0.102. The number of ether oxygens (including phenoxy) is 2. The quantitative estimate of drug-likeness (QED) is 0.400. The number of carboxylic acid groups (broad SMARTS) is 1. The zero-order valence-corrected chi connectivity index (χ0v) is 17.5. The molecule has 0 spiro atoms. The number of carbonyl (C=O) groups excluding carboxylic acids is 1. The smallest absolute Gasteiger partial charge is 0.331 e. The van der Waals surface area contributed by atoms with E-state index in [9.17, 15) is 14.7 Å². The molecule has 0 aromatic heterocycles. The number of benzene rings is 2. The first-order valence-electron chi connectivity index (χ1n) is 8.75. The van der Waals surface area contributed by atoms with Crippen molar-refractivity contribution in [2.45, 2.75) is 6.04 Å². The Kier molecular flexibility index (Phi) is 6.77. The van der Waals surface area contributed by atoms with Crippen LogP contribution in [0.1, 0.15) is 17.2 Å². The van der Waals surface area contributed by atoms with Crippen molar-refractivity contribution in [3.05, 3.63) is 64.6 Å². The minimum Gasteiger partial charge on any atom is -0.493 e. The summed E-state index contributed by atoms with van der Waals surface area (Å²) in [5, 5.41) is 9.74. The van der Waals surface area contributed by atoms with E-state index >= 15 is 0 Å². The first-order valence-corrected chi connectivity index (χ1v) is 9.98. The monoisotopic (exact) mass is 439 g/mol. The molecule has 152 valence electrons. The summed E-state index contributed by atoms with van der Waals surface area (Å²) in [7, 11) is 1.50. The summed E-state index contributed by atoms with van der Waals surface area (Å²) >= 11 is 6.38. The van der Waals surface area contributed by atoms with E-state index in [4.69, 9.17) is 28.1 Å². The maximum atomic E-state index is 13.0. The van der Waals surface area contributed by atoms with Gasteiger partial charge in [-0.25, -0.2) is 4.79 Å². The van der Waals surface area contributed by atoms with Gasteiger partial charge in [-0.3, -0.25) is 9.69 Å². The summed E-state index contributed by atoms with van der Waals surface area (Å²) in [6, 6.07) is 12.4. The van der Waals surface area contributed by atoms with Crippen LogP contribution in [0, 0.1) is 12.3 Å². The molecule has 0 radical (unpaired) electrons. The van der Waals surface area contributed by atoms with Gasteiger partial charge in [0.25, 0.3) is 5.91 Å². The lowest BCUT2D eigenvalue weighted by Gasteiger charge is -2.23. The number of hydrogen-bond acceptors (Lipinski definition) is 6. The summed E-state index contributed by atoms with van der Waals surface area (Å²) in [6.07, 6.45) is 6.85. The van der Waals surface area contributed by atoms with E-state index in [2.05, 4.69) is 5.92 Å².